The number of halogens is 1. The SMILES string of the molecule is CNC[C@@H]1CCN(C(=O)[C@H]2C[C@H]2c2cccc(Br)c2)C1. The predicted molar refractivity (Wildman–Crippen MR) is 83.6 cm³/mol. The number of rotatable bonds is 4. The van der Waals surface area contributed by atoms with Crippen molar-refractivity contribution in [3.63, 3.8) is 0 Å². The van der Waals surface area contributed by atoms with Gasteiger partial charge in [0.1, 0.15) is 0 Å². The van der Waals surface area contributed by atoms with Gasteiger partial charge in [-0.3, -0.25) is 4.79 Å². The molecule has 1 aliphatic heterocycles. The van der Waals surface area contributed by atoms with Crippen molar-refractivity contribution in [3.8, 4) is 0 Å². The van der Waals surface area contributed by atoms with Gasteiger partial charge in [0.05, 0.1) is 0 Å². The van der Waals surface area contributed by atoms with Crippen LogP contribution in [0.15, 0.2) is 28.7 Å². The molecule has 1 aliphatic carbocycles. The van der Waals surface area contributed by atoms with Crippen molar-refractivity contribution in [2.45, 2.75) is 18.8 Å². The standard InChI is InChI=1S/C16H21BrN2O/c1-18-9-11-5-6-19(10-11)16(20)15-8-14(15)12-3-2-4-13(17)7-12/h2-4,7,11,14-15,18H,5-6,8-10H2,1H3/t11-,14-,15-/m0/s1. The van der Waals surface area contributed by atoms with E-state index >= 15 is 0 Å². The van der Waals surface area contributed by atoms with Crippen molar-refractivity contribution in [2.75, 3.05) is 26.7 Å². The van der Waals surface area contributed by atoms with E-state index in [1.807, 2.05) is 13.1 Å². The number of hydrogen-bond acceptors (Lipinski definition) is 2. The third kappa shape index (κ3) is 2.91. The first-order chi connectivity index (χ1) is 9.69. The number of nitrogens with zero attached hydrogens (tertiary/aromatic N) is 1. The zero-order valence-corrected chi connectivity index (χ0v) is 13.4. The van der Waals surface area contributed by atoms with Gasteiger partial charge < -0.3 is 10.2 Å². The summed E-state index contributed by atoms with van der Waals surface area (Å²) in [7, 11) is 1.98. The van der Waals surface area contributed by atoms with Gasteiger partial charge in [-0.25, -0.2) is 0 Å². The second-order valence-electron chi connectivity index (χ2n) is 6.00. The van der Waals surface area contributed by atoms with Gasteiger partial charge in [0.15, 0.2) is 0 Å². The highest BCUT2D eigenvalue weighted by molar-refractivity contribution is 9.10. The Labute approximate surface area is 128 Å². The topological polar surface area (TPSA) is 32.3 Å². The van der Waals surface area contributed by atoms with Gasteiger partial charge in [-0.05, 0) is 56.0 Å². The molecule has 0 radical (unpaired) electrons. The van der Waals surface area contributed by atoms with Crippen LogP contribution in [0.3, 0.4) is 0 Å². The van der Waals surface area contributed by atoms with Crippen LogP contribution in [0, 0.1) is 11.8 Å². The van der Waals surface area contributed by atoms with E-state index in [4.69, 9.17) is 0 Å². The number of nitrogens with one attached hydrogen (secondary N) is 1. The maximum Gasteiger partial charge on any atom is 0.226 e. The molecule has 1 aromatic rings. The van der Waals surface area contributed by atoms with Crippen LogP contribution in [0.4, 0.5) is 0 Å². The third-order valence-corrected chi connectivity index (χ3v) is 4.97. The fourth-order valence-corrected chi connectivity index (χ4v) is 3.71. The molecular formula is C16H21BrN2O. The highest BCUT2D eigenvalue weighted by atomic mass is 79.9. The van der Waals surface area contributed by atoms with Gasteiger partial charge in [0.2, 0.25) is 5.91 Å². The summed E-state index contributed by atoms with van der Waals surface area (Å²) in [5.74, 6) is 1.65. The number of likely N-dealkylation sites (tertiary alicyclic amines) is 1. The van der Waals surface area contributed by atoms with E-state index in [1.165, 1.54) is 5.56 Å². The van der Waals surface area contributed by atoms with Gasteiger partial charge in [0.25, 0.3) is 0 Å². The molecule has 4 heteroatoms. The lowest BCUT2D eigenvalue weighted by molar-refractivity contribution is -0.131. The summed E-state index contributed by atoms with van der Waals surface area (Å²) in [5, 5.41) is 3.21. The molecule has 2 fully saturated rings. The van der Waals surface area contributed by atoms with Crippen LogP contribution in [0.2, 0.25) is 0 Å². The smallest absolute Gasteiger partial charge is 0.226 e. The first kappa shape index (κ1) is 14.1. The molecule has 1 saturated heterocycles. The number of amides is 1. The molecule has 0 spiro atoms. The molecule has 3 atom stereocenters. The molecule has 0 unspecified atom stereocenters. The van der Waals surface area contributed by atoms with Gasteiger partial charge in [-0.1, -0.05) is 28.1 Å². The molecule has 1 saturated carbocycles. The largest absolute Gasteiger partial charge is 0.342 e. The molecule has 108 valence electrons. The summed E-state index contributed by atoms with van der Waals surface area (Å²) in [6.45, 7) is 2.89. The lowest BCUT2D eigenvalue weighted by Gasteiger charge is -2.16. The third-order valence-electron chi connectivity index (χ3n) is 4.47. The number of carbonyl (C=O) groups is 1. The lowest BCUT2D eigenvalue weighted by atomic mass is 10.1. The highest BCUT2D eigenvalue weighted by Crippen LogP contribution is 2.49. The Hall–Kier alpha value is -0.870. The second-order valence-corrected chi connectivity index (χ2v) is 6.92. The van der Waals surface area contributed by atoms with Crippen LogP contribution in [0.1, 0.15) is 24.3 Å². The molecule has 2 aliphatic rings. The van der Waals surface area contributed by atoms with Gasteiger partial charge in [-0.2, -0.15) is 0 Å². The Morgan fingerprint density at radius 2 is 2.35 bits per heavy atom. The first-order valence-corrected chi connectivity index (χ1v) is 8.17. The summed E-state index contributed by atoms with van der Waals surface area (Å²) in [5.41, 5.74) is 1.30. The summed E-state index contributed by atoms with van der Waals surface area (Å²) < 4.78 is 1.10. The maximum atomic E-state index is 12.5. The van der Waals surface area contributed by atoms with Crippen LogP contribution in [-0.2, 0) is 4.79 Å². The fraction of sp³-hybridized carbons (Fsp3) is 0.562. The van der Waals surface area contributed by atoms with Crippen molar-refractivity contribution in [1.82, 2.24) is 10.2 Å². The lowest BCUT2D eigenvalue weighted by Crippen LogP contribution is -2.31. The number of benzene rings is 1. The van der Waals surface area contributed by atoms with Gasteiger partial charge in [0, 0.05) is 23.5 Å². The number of hydrogen-bond donors (Lipinski definition) is 1. The summed E-state index contributed by atoms with van der Waals surface area (Å²) in [6, 6.07) is 8.37. The van der Waals surface area contributed by atoms with E-state index < -0.39 is 0 Å². The average Bonchev–Trinajstić information content (AvgIpc) is 3.11. The minimum Gasteiger partial charge on any atom is -0.342 e. The van der Waals surface area contributed by atoms with Gasteiger partial charge >= 0.3 is 0 Å². The average molecular weight is 337 g/mol. The Kier molecular flexibility index (Phi) is 4.13. The normalized spacial score (nSPS) is 28.7. The van der Waals surface area contributed by atoms with E-state index in [0.29, 0.717) is 17.7 Å². The van der Waals surface area contributed by atoms with E-state index in [9.17, 15) is 4.79 Å². The van der Waals surface area contributed by atoms with Crippen LogP contribution >= 0.6 is 15.9 Å². The summed E-state index contributed by atoms with van der Waals surface area (Å²) in [4.78, 5) is 14.6. The molecule has 1 amide bonds. The molecule has 0 aromatic heterocycles. The highest BCUT2D eigenvalue weighted by Gasteiger charge is 2.46. The molecule has 1 N–H and O–H groups in total. The minimum atomic E-state index is 0.220. The zero-order chi connectivity index (χ0) is 14.1. The molecule has 3 rings (SSSR count). The van der Waals surface area contributed by atoms with E-state index in [-0.39, 0.29) is 5.92 Å². The Bertz CT molecular complexity index is 505. The number of carbonyl (C=O) groups excluding carboxylic acids is 1. The first-order valence-electron chi connectivity index (χ1n) is 7.38. The quantitative estimate of drug-likeness (QED) is 0.916. The van der Waals surface area contributed by atoms with Crippen molar-refractivity contribution in [2.24, 2.45) is 11.8 Å². The molecular weight excluding hydrogens is 316 g/mol. The van der Waals surface area contributed by atoms with Gasteiger partial charge in [-0.15, -0.1) is 0 Å². The minimum absolute atomic E-state index is 0.220. The van der Waals surface area contributed by atoms with E-state index in [0.717, 1.165) is 36.9 Å². The van der Waals surface area contributed by atoms with Crippen molar-refractivity contribution >= 4 is 21.8 Å². The monoisotopic (exact) mass is 336 g/mol. The van der Waals surface area contributed by atoms with Crippen molar-refractivity contribution in [1.29, 1.82) is 0 Å². The Balaban J connectivity index is 1.58. The Morgan fingerprint density at radius 1 is 1.50 bits per heavy atom. The van der Waals surface area contributed by atoms with E-state index in [2.05, 4.69) is 44.3 Å². The zero-order valence-electron chi connectivity index (χ0n) is 11.8. The van der Waals surface area contributed by atoms with Crippen LogP contribution < -0.4 is 5.32 Å². The summed E-state index contributed by atoms with van der Waals surface area (Å²) in [6.07, 6.45) is 2.16. The molecule has 1 aromatic carbocycles. The fourth-order valence-electron chi connectivity index (χ4n) is 3.30. The Morgan fingerprint density at radius 3 is 3.10 bits per heavy atom. The maximum absolute atomic E-state index is 12.5. The molecule has 3 nitrogen and oxygen atoms in total. The van der Waals surface area contributed by atoms with E-state index in [1.54, 1.807) is 0 Å². The van der Waals surface area contributed by atoms with Crippen molar-refractivity contribution in [3.05, 3.63) is 34.3 Å². The molecule has 1 heterocycles. The van der Waals surface area contributed by atoms with Crippen molar-refractivity contribution < 1.29 is 4.79 Å². The van der Waals surface area contributed by atoms with Crippen LogP contribution in [-0.4, -0.2) is 37.5 Å². The van der Waals surface area contributed by atoms with Crippen LogP contribution in [0.5, 0.6) is 0 Å². The summed E-state index contributed by atoms with van der Waals surface area (Å²) >= 11 is 3.50. The molecule has 0 bridgehead atoms. The predicted octanol–water partition coefficient (Wildman–Crippen LogP) is 2.62. The second kappa shape index (κ2) is 5.86. The van der Waals surface area contributed by atoms with Crippen LogP contribution in [0.25, 0.3) is 0 Å². The molecule has 20 heavy (non-hydrogen) atoms.